The van der Waals surface area contributed by atoms with E-state index in [0.29, 0.717) is 6.54 Å². The highest BCUT2D eigenvalue weighted by Gasteiger charge is 2.26. The second-order valence-corrected chi connectivity index (χ2v) is 5.12. The maximum Gasteiger partial charge on any atom is 0.324 e. The molecule has 1 aliphatic heterocycles. The van der Waals surface area contributed by atoms with Gasteiger partial charge in [-0.25, -0.2) is 4.79 Å². The molecule has 0 spiro atoms. The van der Waals surface area contributed by atoms with Gasteiger partial charge in [0.2, 0.25) is 5.91 Å². The van der Waals surface area contributed by atoms with Crippen molar-refractivity contribution in [1.82, 2.24) is 15.1 Å². The maximum absolute atomic E-state index is 12.1. The van der Waals surface area contributed by atoms with E-state index in [1.165, 1.54) is 0 Å². The predicted molar refractivity (Wildman–Crippen MR) is 73.3 cm³/mol. The van der Waals surface area contributed by atoms with Crippen molar-refractivity contribution in [3.05, 3.63) is 0 Å². The molecule has 0 saturated carbocycles. The van der Waals surface area contributed by atoms with Crippen molar-refractivity contribution in [2.75, 3.05) is 26.7 Å². The number of carbonyl (C=O) groups excluding carboxylic acids is 2. The molecule has 1 heterocycles. The zero-order valence-corrected chi connectivity index (χ0v) is 12.1. The number of carboxylic acid groups (broad SMARTS) is 1. The van der Waals surface area contributed by atoms with E-state index in [-0.39, 0.29) is 18.9 Å². The number of carboxylic acids is 1. The minimum absolute atomic E-state index is 0.0785. The third kappa shape index (κ3) is 5.16. The second-order valence-electron chi connectivity index (χ2n) is 5.12. The summed E-state index contributed by atoms with van der Waals surface area (Å²) >= 11 is 0. The topological polar surface area (TPSA) is 90.0 Å². The molecule has 1 fully saturated rings. The van der Waals surface area contributed by atoms with Crippen molar-refractivity contribution in [1.29, 1.82) is 0 Å². The Morgan fingerprint density at radius 1 is 1.25 bits per heavy atom. The van der Waals surface area contributed by atoms with Crippen LogP contribution in [-0.2, 0) is 9.59 Å². The van der Waals surface area contributed by atoms with Crippen molar-refractivity contribution in [2.24, 2.45) is 0 Å². The highest BCUT2D eigenvalue weighted by atomic mass is 16.4. The van der Waals surface area contributed by atoms with Gasteiger partial charge in [0.25, 0.3) is 0 Å². The molecule has 0 aromatic carbocycles. The number of aliphatic carboxylic acids is 1. The molecule has 1 saturated heterocycles. The number of likely N-dealkylation sites (N-methyl/N-ethyl adjacent to an activating group) is 1. The second kappa shape index (κ2) is 7.84. The van der Waals surface area contributed by atoms with Gasteiger partial charge in [0.05, 0.1) is 6.42 Å². The summed E-state index contributed by atoms with van der Waals surface area (Å²) in [6.07, 6.45) is 1.25. The van der Waals surface area contributed by atoms with Gasteiger partial charge in [-0.1, -0.05) is 6.92 Å². The summed E-state index contributed by atoms with van der Waals surface area (Å²) in [6, 6.07) is -0.336. The Morgan fingerprint density at radius 3 is 2.55 bits per heavy atom. The van der Waals surface area contributed by atoms with Gasteiger partial charge in [0.1, 0.15) is 0 Å². The molecule has 20 heavy (non-hydrogen) atoms. The normalized spacial score (nSPS) is 20.3. The predicted octanol–water partition coefficient (Wildman–Crippen LogP) is 0.504. The molecular formula is C13H23N3O4. The molecule has 1 aliphatic rings. The Balaban J connectivity index is 2.55. The number of amides is 3. The van der Waals surface area contributed by atoms with Crippen molar-refractivity contribution in [3.8, 4) is 0 Å². The third-order valence-electron chi connectivity index (χ3n) is 3.45. The number of nitrogens with zero attached hydrogens (tertiary/aromatic N) is 2. The van der Waals surface area contributed by atoms with Gasteiger partial charge >= 0.3 is 12.0 Å². The van der Waals surface area contributed by atoms with Crippen LogP contribution in [-0.4, -0.2) is 65.5 Å². The largest absolute Gasteiger partial charge is 0.481 e. The van der Waals surface area contributed by atoms with Crippen LogP contribution in [0.5, 0.6) is 0 Å². The lowest BCUT2D eigenvalue weighted by Crippen LogP contribution is -2.49. The molecule has 1 atom stereocenters. The number of rotatable bonds is 4. The van der Waals surface area contributed by atoms with Gasteiger partial charge in [0, 0.05) is 25.6 Å². The molecule has 2 N–H and O–H groups in total. The fourth-order valence-electron chi connectivity index (χ4n) is 2.33. The summed E-state index contributed by atoms with van der Waals surface area (Å²) < 4.78 is 0. The SMILES string of the molecule is CCC1CN(C)CCCN1C(=O)NC(=O)CCC(=O)O. The molecule has 7 nitrogen and oxygen atoms in total. The molecule has 1 rings (SSSR count). The van der Waals surface area contributed by atoms with Crippen LogP contribution >= 0.6 is 0 Å². The Morgan fingerprint density at radius 2 is 1.95 bits per heavy atom. The Hall–Kier alpha value is -1.63. The van der Waals surface area contributed by atoms with Gasteiger partial charge < -0.3 is 14.9 Å². The van der Waals surface area contributed by atoms with Crippen molar-refractivity contribution in [2.45, 2.75) is 38.6 Å². The van der Waals surface area contributed by atoms with E-state index >= 15 is 0 Å². The summed E-state index contributed by atoms with van der Waals surface area (Å²) in [5, 5.41) is 10.8. The fraction of sp³-hybridized carbons (Fsp3) is 0.769. The summed E-state index contributed by atoms with van der Waals surface area (Å²) in [4.78, 5) is 37.9. The first kappa shape index (κ1) is 16.4. The standard InChI is InChI=1S/C13H23N3O4/c1-3-10-9-15(2)7-4-8-16(10)13(20)14-11(17)5-6-12(18)19/h10H,3-9H2,1-2H3,(H,18,19)(H,14,17,20). The van der Waals surface area contributed by atoms with Crippen LogP contribution in [0, 0.1) is 0 Å². The molecule has 3 amide bonds. The number of hydrogen-bond acceptors (Lipinski definition) is 4. The lowest BCUT2D eigenvalue weighted by molar-refractivity contribution is -0.138. The Bertz CT molecular complexity index is 373. The number of carbonyl (C=O) groups is 3. The van der Waals surface area contributed by atoms with Crippen LogP contribution in [0.15, 0.2) is 0 Å². The minimum Gasteiger partial charge on any atom is -0.481 e. The molecular weight excluding hydrogens is 262 g/mol. The van der Waals surface area contributed by atoms with Crippen molar-refractivity contribution >= 4 is 17.9 Å². The van der Waals surface area contributed by atoms with Crippen molar-refractivity contribution < 1.29 is 19.5 Å². The van der Waals surface area contributed by atoms with E-state index < -0.39 is 17.9 Å². The van der Waals surface area contributed by atoms with Gasteiger partial charge in [-0.05, 0) is 26.4 Å². The fourth-order valence-corrected chi connectivity index (χ4v) is 2.33. The van der Waals surface area contributed by atoms with Crippen molar-refractivity contribution in [3.63, 3.8) is 0 Å². The van der Waals surface area contributed by atoms with E-state index in [9.17, 15) is 14.4 Å². The zero-order chi connectivity index (χ0) is 15.1. The first-order chi connectivity index (χ1) is 9.43. The molecule has 0 aromatic heterocycles. The Kier molecular flexibility index (Phi) is 6.44. The monoisotopic (exact) mass is 285 g/mol. The van der Waals surface area contributed by atoms with Gasteiger partial charge in [-0.3, -0.25) is 14.9 Å². The Labute approximate surface area is 118 Å². The first-order valence-electron chi connectivity index (χ1n) is 6.94. The molecule has 7 heteroatoms. The summed E-state index contributed by atoms with van der Waals surface area (Å²) in [5.74, 6) is -1.58. The number of imide groups is 1. The number of hydrogen-bond donors (Lipinski definition) is 2. The lowest BCUT2D eigenvalue weighted by atomic mass is 10.2. The van der Waals surface area contributed by atoms with Gasteiger partial charge in [0.15, 0.2) is 0 Å². The number of urea groups is 1. The summed E-state index contributed by atoms with van der Waals surface area (Å²) in [6.45, 7) is 4.33. The lowest BCUT2D eigenvalue weighted by Gasteiger charge is -2.30. The average Bonchev–Trinajstić information content (AvgIpc) is 2.57. The van der Waals surface area contributed by atoms with Crippen LogP contribution in [0.1, 0.15) is 32.6 Å². The molecule has 1 unspecified atom stereocenters. The molecule has 0 aromatic rings. The van der Waals surface area contributed by atoms with Crippen LogP contribution < -0.4 is 5.32 Å². The van der Waals surface area contributed by atoms with Gasteiger partial charge in [-0.15, -0.1) is 0 Å². The van der Waals surface area contributed by atoms with E-state index in [0.717, 1.165) is 25.9 Å². The molecule has 114 valence electrons. The quantitative estimate of drug-likeness (QED) is 0.785. The van der Waals surface area contributed by atoms with Crippen LogP contribution in [0.4, 0.5) is 4.79 Å². The summed E-state index contributed by atoms with van der Waals surface area (Å²) in [7, 11) is 2.02. The van der Waals surface area contributed by atoms with E-state index in [1.807, 2.05) is 14.0 Å². The third-order valence-corrected chi connectivity index (χ3v) is 3.45. The first-order valence-corrected chi connectivity index (χ1v) is 6.94. The summed E-state index contributed by atoms with van der Waals surface area (Å²) in [5.41, 5.74) is 0. The van der Waals surface area contributed by atoms with E-state index in [4.69, 9.17) is 5.11 Å². The highest BCUT2D eigenvalue weighted by Crippen LogP contribution is 2.12. The van der Waals surface area contributed by atoms with Crippen LogP contribution in [0.25, 0.3) is 0 Å². The highest BCUT2D eigenvalue weighted by molar-refractivity contribution is 5.95. The zero-order valence-electron chi connectivity index (χ0n) is 12.1. The van der Waals surface area contributed by atoms with Gasteiger partial charge in [-0.2, -0.15) is 0 Å². The van der Waals surface area contributed by atoms with E-state index in [1.54, 1.807) is 4.90 Å². The molecule has 0 aliphatic carbocycles. The van der Waals surface area contributed by atoms with Crippen LogP contribution in [0.3, 0.4) is 0 Å². The molecule has 0 radical (unpaired) electrons. The molecule has 0 bridgehead atoms. The van der Waals surface area contributed by atoms with Crippen LogP contribution in [0.2, 0.25) is 0 Å². The smallest absolute Gasteiger partial charge is 0.324 e. The number of nitrogens with one attached hydrogen (secondary N) is 1. The van der Waals surface area contributed by atoms with E-state index in [2.05, 4.69) is 10.2 Å². The maximum atomic E-state index is 12.1. The minimum atomic E-state index is -1.05. The average molecular weight is 285 g/mol.